The van der Waals surface area contributed by atoms with Crippen molar-refractivity contribution in [3.63, 3.8) is 0 Å². The fraction of sp³-hybridized carbons (Fsp3) is 0.316. The molecule has 2 aliphatic rings. The number of nitrogens with one attached hydrogen (secondary N) is 1. The molecule has 0 aliphatic carbocycles. The maximum Gasteiger partial charge on any atom is 0.188 e. The van der Waals surface area contributed by atoms with Crippen molar-refractivity contribution >= 4 is 23.0 Å². The second-order valence-corrected chi connectivity index (χ2v) is 6.77. The van der Waals surface area contributed by atoms with Gasteiger partial charge in [-0.15, -0.1) is 0 Å². The lowest BCUT2D eigenvalue weighted by Gasteiger charge is -2.52. The Labute approximate surface area is 142 Å². The third-order valence-corrected chi connectivity index (χ3v) is 5.06. The van der Waals surface area contributed by atoms with Crippen LogP contribution in [0.2, 0.25) is 0 Å². The zero-order valence-electron chi connectivity index (χ0n) is 13.4. The van der Waals surface area contributed by atoms with Crippen LogP contribution >= 0.6 is 12.2 Å². The number of anilines is 1. The summed E-state index contributed by atoms with van der Waals surface area (Å²) < 4.78 is 6.40. The molecule has 2 aromatic rings. The molecular weight excluding hydrogens is 304 g/mol. The molecule has 2 aromatic carbocycles. The first-order valence-corrected chi connectivity index (χ1v) is 8.49. The van der Waals surface area contributed by atoms with E-state index in [0.717, 1.165) is 29.4 Å². The summed E-state index contributed by atoms with van der Waals surface area (Å²) in [5.41, 5.74) is 3.11. The van der Waals surface area contributed by atoms with Gasteiger partial charge < -0.3 is 10.1 Å². The molecule has 1 N–H and O–H groups in total. The standard InChI is InChI=1S/C19H20N2OS/c1-3-13-7-6-8-14(11-13)21-18(23)20-16-12-19(21,2)22-17-10-5-4-9-15(16)17/h4-11,16H,3,12H2,1-2H3,(H,20,23)/t16-,19+/m0/s1. The summed E-state index contributed by atoms with van der Waals surface area (Å²) in [5.74, 6) is 0.942. The van der Waals surface area contributed by atoms with E-state index < -0.39 is 5.72 Å². The van der Waals surface area contributed by atoms with Crippen LogP contribution in [0.5, 0.6) is 5.75 Å². The molecule has 2 bridgehead atoms. The van der Waals surface area contributed by atoms with E-state index >= 15 is 0 Å². The van der Waals surface area contributed by atoms with Crippen LogP contribution in [0, 0.1) is 0 Å². The molecule has 0 amide bonds. The summed E-state index contributed by atoms with van der Waals surface area (Å²) in [6.45, 7) is 4.29. The summed E-state index contributed by atoms with van der Waals surface area (Å²) in [5, 5.41) is 4.22. The SMILES string of the molecule is CCc1cccc(N2C(=S)N[C@H]3C[C@@]2(C)Oc2ccccc23)c1. The van der Waals surface area contributed by atoms with Gasteiger partial charge in [-0.1, -0.05) is 37.3 Å². The van der Waals surface area contributed by atoms with Crippen LogP contribution in [0.25, 0.3) is 0 Å². The average Bonchev–Trinajstić information content (AvgIpc) is 2.54. The van der Waals surface area contributed by atoms with Crippen LogP contribution in [-0.2, 0) is 6.42 Å². The van der Waals surface area contributed by atoms with Crippen LogP contribution < -0.4 is 15.0 Å². The molecule has 23 heavy (non-hydrogen) atoms. The topological polar surface area (TPSA) is 24.5 Å². The summed E-state index contributed by atoms with van der Waals surface area (Å²) in [6, 6.07) is 17.0. The minimum Gasteiger partial charge on any atom is -0.467 e. The Balaban J connectivity index is 1.79. The van der Waals surface area contributed by atoms with Gasteiger partial charge in [0.2, 0.25) is 0 Å². The lowest BCUT2D eigenvalue weighted by atomic mass is 9.90. The fourth-order valence-corrected chi connectivity index (χ4v) is 4.07. The summed E-state index contributed by atoms with van der Waals surface area (Å²) in [6.07, 6.45) is 1.87. The van der Waals surface area contributed by atoms with E-state index in [4.69, 9.17) is 17.0 Å². The number of fused-ring (bicyclic) bond motifs is 4. The molecule has 0 radical (unpaired) electrons. The minimum atomic E-state index is -0.465. The van der Waals surface area contributed by atoms with E-state index in [1.54, 1.807) is 0 Å². The van der Waals surface area contributed by atoms with E-state index in [1.165, 1.54) is 11.1 Å². The van der Waals surface area contributed by atoms with Crippen LogP contribution in [0.1, 0.15) is 37.4 Å². The Morgan fingerprint density at radius 3 is 2.91 bits per heavy atom. The van der Waals surface area contributed by atoms with Crippen molar-refractivity contribution in [1.82, 2.24) is 5.32 Å². The highest BCUT2D eigenvalue weighted by Gasteiger charge is 2.48. The molecule has 3 nitrogen and oxygen atoms in total. The van der Waals surface area contributed by atoms with Crippen molar-refractivity contribution in [3.8, 4) is 5.75 Å². The molecule has 4 heteroatoms. The molecule has 2 atom stereocenters. The Hall–Kier alpha value is -2.07. The van der Waals surface area contributed by atoms with E-state index in [-0.39, 0.29) is 6.04 Å². The highest BCUT2D eigenvalue weighted by molar-refractivity contribution is 7.80. The van der Waals surface area contributed by atoms with Gasteiger partial charge in [0.15, 0.2) is 10.8 Å². The van der Waals surface area contributed by atoms with E-state index in [1.807, 2.05) is 18.2 Å². The molecule has 1 saturated heterocycles. The first kappa shape index (κ1) is 14.5. The molecule has 0 aromatic heterocycles. The molecule has 118 valence electrons. The maximum atomic E-state index is 6.40. The Kier molecular flexibility index (Phi) is 3.31. The predicted octanol–water partition coefficient (Wildman–Crippen LogP) is 4.18. The molecule has 1 fully saturated rings. The normalized spacial score (nSPS) is 25.4. The highest BCUT2D eigenvalue weighted by atomic mass is 32.1. The van der Waals surface area contributed by atoms with E-state index in [9.17, 15) is 0 Å². The zero-order valence-corrected chi connectivity index (χ0v) is 14.2. The van der Waals surface area contributed by atoms with E-state index in [2.05, 4.69) is 54.4 Å². The van der Waals surface area contributed by atoms with Gasteiger partial charge in [0.1, 0.15) is 5.75 Å². The Bertz CT molecular complexity index is 775. The lowest BCUT2D eigenvalue weighted by molar-refractivity contribution is 0.0498. The second kappa shape index (κ2) is 5.24. The van der Waals surface area contributed by atoms with Crippen molar-refractivity contribution < 1.29 is 4.74 Å². The van der Waals surface area contributed by atoms with Crippen molar-refractivity contribution in [2.45, 2.75) is 38.5 Å². The Morgan fingerprint density at radius 2 is 2.09 bits per heavy atom. The van der Waals surface area contributed by atoms with Crippen LogP contribution in [-0.4, -0.2) is 10.8 Å². The monoisotopic (exact) mass is 324 g/mol. The number of hydrogen-bond acceptors (Lipinski definition) is 2. The number of thiocarbonyl (C=S) groups is 1. The number of para-hydroxylation sites is 1. The Morgan fingerprint density at radius 1 is 1.26 bits per heavy atom. The van der Waals surface area contributed by atoms with Gasteiger partial charge in [-0.25, -0.2) is 0 Å². The van der Waals surface area contributed by atoms with Gasteiger partial charge in [-0.2, -0.15) is 0 Å². The fourth-order valence-electron chi connectivity index (χ4n) is 3.63. The van der Waals surface area contributed by atoms with Gasteiger partial charge in [0.05, 0.1) is 6.04 Å². The van der Waals surface area contributed by atoms with Crippen molar-refractivity contribution in [2.24, 2.45) is 0 Å². The van der Waals surface area contributed by atoms with Crippen LogP contribution in [0.15, 0.2) is 48.5 Å². The molecule has 2 aliphatic heterocycles. The van der Waals surface area contributed by atoms with Gasteiger partial charge >= 0.3 is 0 Å². The van der Waals surface area contributed by atoms with Gasteiger partial charge in [-0.05, 0) is 49.3 Å². The van der Waals surface area contributed by atoms with Crippen LogP contribution in [0.4, 0.5) is 5.69 Å². The van der Waals surface area contributed by atoms with E-state index in [0.29, 0.717) is 0 Å². The second-order valence-electron chi connectivity index (χ2n) is 6.38. The smallest absolute Gasteiger partial charge is 0.188 e. The maximum absolute atomic E-state index is 6.40. The third-order valence-electron chi connectivity index (χ3n) is 4.76. The first-order chi connectivity index (χ1) is 11.1. The van der Waals surface area contributed by atoms with Gasteiger partial charge in [-0.3, -0.25) is 4.90 Å². The summed E-state index contributed by atoms with van der Waals surface area (Å²) in [4.78, 5) is 2.12. The quantitative estimate of drug-likeness (QED) is 0.838. The molecule has 2 heterocycles. The summed E-state index contributed by atoms with van der Waals surface area (Å²) in [7, 11) is 0. The number of ether oxygens (including phenoxy) is 1. The number of benzene rings is 2. The van der Waals surface area contributed by atoms with Crippen molar-refractivity contribution in [2.75, 3.05) is 4.90 Å². The third kappa shape index (κ3) is 2.29. The van der Waals surface area contributed by atoms with Gasteiger partial charge in [0.25, 0.3) is 0 Å². The van der Waals surface area contributed by atoms with Crippen LogP contribution in [0.3, 0.4) is 0 Å². The highest BCUT2D eigenvalue weighted by Crippen LogP contribution is 2.45. The molecule has 0 saturated carbocycles. The molecule has 0 unspecified atom stereocenters. The van der Waals surface area contributed by atoms with Gasteiger partial charge in [0, 0.05) is 17.7 Å². The van der Waals surface area contributed by atoms with Crippen molar-refractivity contribution in [3.05, 3.63) is 59.7 Å². The number of aryl methyl sites for hydroxylation is 1. The predicted molar refractivity (Wildman–Crippen MR) is 96.9 cm³/mol. The van der Waals surface area contributed by atoms with Crippen molar-refractivity contribution in [1.29, 1.82) is 0 Å². The number of rotatable bonds is 2. The first-order valence-electron chi connectivity index (χ1n) is 8.08. The summed E-state index contributed by atoms with van der Waals surface area (Å²) >= 11 is 5.68. The average molecular weight is 324 g/mol. The number of nitrogens with zero attached hydrogens (tertiary/aromatic N) is 1. The lowest BCUT2D eigenvalue weighted by Crippen LogP contribution is -2.65. The molecule has 0 spiro atoms. The largest absolute Gasteiger partial charge is 0.467 e. The minimum absolute atomic E-state index is 0.211. The zero-order chi connectivity index (χ0) is 16.0. The molecular formula is C19H20N2OS. The molecule has 4 rings (SSSR count). The number of hydrogen-bond donors (Lipinski definition) is 1.